The number of hydrogen-bond donors (Lipinski definition) is 2. The average molecular weight is 290 g/mol. The lowest BCUT2D eigenvalue weighted by Gasteiger charge is -2.08. The zero-order valence-corrected chi connectivity index (χ0v) is 11.1. The monoisotopic (exact) mass is 290 g/mol. The molecule has 3 rings (SSSR count). The number of benzene rings is 2. The van der Waals surface area contributed by atoms with Crippen LogP contribution in [0.15, 0.2) is 59.6 Å². The van der Waals surface area contributed by atoms with E-state index in [2.05, 4.69) is 9.71 Å². The van der Waals surface area contributed by atoms with Crippen molar-refractivity contribution >= 4 is 26.6 Å². The Kier molecular flexibility index (Phi) is 2.94. The van der Waals surface area contributed by atoms with Crippen molar-refractivity contribution in [3.05, 3.63) is 60.5 Å². The summed E-state index contributed by atoms with van der Waals surface area (Å²) < 4.78 is 40.2. The van der Waals surface area contributed by atoms with E-state index in [1.54, 1.807) is 24.4 Å². The van der Waals surface area contributed by atoms with E-state index in [-0.39, 0.29) is 4.90 Å². The van der Waals surface area contributed by atoms with Gasteiger partial charge in [0, 0.05) is 22.8 Å². The van der Waals surface area contributed by atoms with Gasteiger partial charge in [-0.15, -0.1) is 0 Å². The zero-order chi connectivity index (χ0) is 14.2. The molecular weight excluding hydrogens is 279 g/mol. The second-order valence-corrected chi connectivity index (χ2v) is 5.97. The molecule has 1 heterocycles. The van der Waals surface area contributed by atoms with E-state index in [4.69, 9.17) is 0 Å². The summed E-state index contributed by atoms with van der Waals surface area (Å²) in [6, 6.07) is 12.2. The molecule has 0 aliphatic heterocycles. The highest BCUT2D eigenvalue weighted by atomic mass is 32.2. The van der Waals surface area contributed by atoms with Crippen LogP contribution >= 0.6 is 0 Å². The number of sulfonamides is 1. The first-order valence-corrected chi connectivity index (χ1v) is 7.39. The molecule has 0 aliphatic carbocycles. The topological polar surface area (TPSA) is 62.0 Å². The van der Waals surface area contributed by atoms with Crippen LogP contribution in [0.3, 0.4) is 0 Å². The van der Waals surface area contributed by atoms with E-state index in [1.165, 1.54) is 18.2 Å². The minimum Gasteiger partial charge on any atom is -0.361 e. The molecule has 4 nitrogen and oxygen atoms in total. The zero-order valence-electron chi connectivity index (χ0n) is 10.3. The highest BCUT2D eigenvalue weighted by Crippen LogP contribution is 2.22. The number of aromatic nitrogens is 1. The summed E-state index contributed by atoms with van der Waals surface area (Å²) in [5, 5.41) is 0.874. The van der Waals surface area contributed by atoms with Crippen LogP contribution in [0, 0.1) is 5.82 Å². The molecule has 0 radical (unpaired) electrons. The standard InChI is InChI=1S/C14H11FN2O2S/c15-12-3-1-2-4-14(12)20(18,19)17-11-5-6-13-10(9-11)7-8-16-13/h1-9,16-17H. The molecule has 3 aromatic rings. The Labute approximate surface area is 115 Å². The highest BCUT2D eigenvalue weighted by molar-refractivity contribution is 7.92. The first-order chi connectivity index (χ1) is 9.56. The quantitative estimate of drug-likeness (QED) is 0.778. The number of H-pyrrole nitrogens is 1. The molecule has 0 saturated heterocycles. The third-order valence-corrected chi connectivity index (χ3v) is 4.35. The third-order valence-electron chi connectivity index (χ3n) is 2.93. The first-order valence-electron chi connectivity index (χ1n) is 5.91. The summed E-state index contributed by atoms with van der Waals surface area (Å²) in [5.41, 5.74) is 1.29. The van der Waals surface area contributed by atoms with E-state index in [0.717, 1.165) is 17.0 Å². The predicted molar refractivity (Wildman–Crippen MR) is 75.5 cm³/mol. The molecular formula is C14H11FN2O2S. The summed E-state index contributed by atoms with van der Waals surface area (Å²) in [4.78, 5) is 2.65. The minimum atomic E-state index is -3.93. The largest absolute Gasteiger partial charge is 0.361 e. The van der Waals surface area contributed by atoms with E-state index in [9.17, 15) is 12.8 Å². The van der Waals surface area contributed by atoms with Gasteiger partial charge in [-0.3, -0.25) is 4.72 Å². The summed E-state index contributed by atoms with van der Waals surface area (Å²) >= 11 is 0. The van der Waals surface area contributed by atoms with Crippen LogP contribution in [0.5, 0.6) is 0 Å². The van der Waals surface area contributed by atoms with Gasteiger partial charge in [0.05, 0.1) is 0 Å². The molecule has 0 atom stereocenters. The molecule has 0 bridgehead atoms. The third kappa shape index (κ3) is 2.25. The Morgan fingerprint density at radius 2 is 1.85 bits per heavy atom. The van der Waals surface area contributed by atoms with Crippen LogP contribution < -0.4 is 4.72 Å². The van der Waals surface area contributed by atoms with Gasteiger partial charge >= 0.3 is 0 Å². The smallest absolute Gasteiger partial charge is 0.264 e. The van der Waals surface area contributed by atoms with Crippen molar-refractivity contribution in [1.82, 2.24) is 4.98 Å². The number of hydrogen-bond acceptors (Lipinski definition) is 2. The predicted octanol–water partition coefficient (Wildman–Crippen LogP) is 3.11. The molecule has 0 aliphatic rings. The lowest BCUT2D eigenvalue weighted by atomic mass is 10.2. The van der Waals surface area contributed by atoms with Crippen molar-refractivity contribution in [2.45, 2.75) is 4.90 Å². The summed E-state index contributed by atoms with van der Waals surface area (Å²) in [7, 11) is -3.93. The van der Waals surface area contributed by atoms with Crippen molar-refractivity contribution in [1.29, 1.82) is 0 Å². The number of fused-ring (bicyclic) bond motifs is 1. The van der Waals surface area contributed by atoms with Gasteiger partial charge in [-0.25, -0.2) is 12.8 Å². The lowest BCUT2D eigenvalue weighted by molar-refractivity contribution is 0.570. The Morgan fingerprint density at radius 1 is 1.05 bits per heavy atom. The second-order valence-electron chi connectivity index (χ2n) is 4.32. The van der Waals surface area contributed by atoms with Crippen LogP contribution in [0.2, 0.25) is 0 Å². The van der Waals surface area contributed by atoms with Crippen LogP contribution in [-0.4, -0.2) is 13.4 Å². The molecule has 0 spiro atoms. The van der Waals surface area contributed by atoms with Gasteiger partial charge in [-0.05, 0) is 36.4 Å². The maximum atomic E-state index is 13.6. The molecule has 2 aromatic carbocycles. The fourth-order valence-corrected chi connectivity index (χ4v) is 3.12. The summed E-state index contributed by atoms with van der Waals surface area (Å²) in [5.74, 6) is -0.775. The Bertz CT molecular complexity index is 872. The fourth-order valence-electron chi connectivity index (χ4n) is 1.99. The van der Waals surface area contributed by atoms with Crippen molar-refractivity contribution < 1.29 is 12.8 Å². The molecule has 6 heteroatoms. The van der Waals surface area contributed by atoms with E-state index in [1.807, 2.05) is 6.07 Å². The number of aromatic amines is 1. The Balaban J connectivity index is 1.99. The fraction of sp³-hybridized carbons (Fsp3) is 0. The number of rotatable bonds is 3. The molecule has 20 heavy (non-hydrogen) atoms. The van der Waals surface area contributed by atoms with Gasteiger partial charge < -0.3 is 4.98 Å². The van der Waals surface area contributed by atoms with Crippen molar-refractivity contribution in [3.63, 3.8) is 0 Å². The van der Waals surface area contributed by atoms with Crippen molar-refractivity contribution in [3.8, 4) is 0 Å². The highest BCUT2D eigenvalue weighted by Gasteiger charge is 2.18. The normalized spacial score (nSPS) is 11.7. The Hall–Kier alpha value is -2.34. The first kappa shape index (κ1) is 12.7. The van der Waals surface area contributed by atoms with Gasteiger partial charge in [-0.1, -0.05) is 12.1 Å². The SMILES string of the molecule is O=S(=O)(Nc1ccc2[nH]ccc2c1)c1ccccc1F. The number of anilines is 1. The molecule has 0 fully saturated rings. The second kappa shape index (κ2) is 4.64. The number of halogens is 1. The summed E-state index contributed by atoms with van der Waals surface area (Å²) in [6.45, 7) is 0. The van der Waals surface area contributed by atoms with E-state index in [0.29, 0.717) is 5.69 Å². The average Bonchev–Trinajstić information content (AvgIpc) is 2.86. The molecule has 0 saturated carbocycles. The van der Waals surface area contributed by atoms with Crippen LogP contribution in [0.4, 0.5) is 10.1 Å². The lowest BCUT2D eigenvalue weighted by Crippen LogP contribution is -2.14. The Morgan fingerprint density at radius 3 is 2.65 bits per heavy atom. The summed E-state index contributed by atoms with van der Waals surface area (Å²) in [6.07, 6.45) is 1.76. The molecule has 2 N–H and O–H groups in total. The maximum Gasteiger partial charge on any atom is 0.264 e. The van der Waals surface area contributed by atoms with E-state index >= 15 is 0 Å². The maximum absolute atomic E-state index is 13.6. The van der Waals surface area contributed by atoms with E-state index < -0.39 is 15.8 Å². The van der Waals surface area contributed by atoms with Gasteiger partial charge in [0.1, 0.15) is 10.7 Å². The van der Waals surface area contributed by atoms with Gasteiger partial charge in [-0.2, -0.15) is 0 Å². The van der Waals surface area contributed by atoms with Crippen molar-refractivity contribution in [2.75, 3.05) is 4.72 Å². The molecule has 0 unspecified atom stereocenters. The van der Waals surface area contributed by atoms with Crippen LogP contribution in [0.25, 0.3) is 10.9 Å². The van der Waals surface area contributed by atoms with Gasteiger partial charge in [0.15, 0.2) is 0 Å². The van der Waals surface area contributed by atoms with Crippen molar-refractivity contribution in [2.24, 2.45) is 0 Å². The van der Waals surface area contributed by atoms with Crippen LogP contribution in [-0.2, 0) is 10.0 Å². The number of nitrogens with one attached hydrogen (secondary N) is 2. The molecule has 1 aromatic heterocycles. The molecule has 102 valence electrons. The van der Waals surface area contributed by atoms with Crippen LogP contribution in [0.1, 0.15) is 0 Å². The van der Waals surface area contributed by atoms with Gasteiger partial charge in [0.2, 0.25) is 0 Å². The minimum absolute atomic E-state index is 0.367. The molecule has 0 amide bonds. The van der Waals surface area contributed by atoms with Gasteiger partial charge in [0.25, 0.3) is 10.0 Å².